The van der Waals surface area contributed by atoms with Crippen molar-refractivity contribution >= 4 is 39.3 Å². The van der Waals surface area contributed by atoms with Crippen molar-refractivity contribution in [3.63, 3.8) is 0 Å². The molecule has 1 aromatic heterocycles. The molecule has 6 rings (SSSR count). The van der Waals surface area contributed by atoms with E-state index >= 15 is 35.1 Å². The van der Waals surface area contributed by atoms with Gasteiger partial charge in [-0.05, 0) is 11.3 Å². The molecule has 0 bridgehead atoms. The molecule has 0 aliphatic carbocycles. The number of thiazole rings is 1. The lowest BCUT2D eigenvalue weighted by Gasteiger charge is -2.44. The van der Waals surface area contributed by atoms with E-state index < -0.39 is 144 Å². The van der Waals surface area contributed by atoms with Gasteiger partial charge in [-0.3, -0.25) is 0 Å². The normalized spacial score (nSPS) is 11.6. The third-order valence-corrected chi connectivity index (χ3v) is 9.22. The molecule has 0 atom stereocenters. The molecule has 1 heterocycles. The first kappa shape index (κ1) is 43.4. The average molecular weight is 873 g/mol. The molecule has 0 unspecified atom stereocenters. The van der Waals surface area contributed by atoms with Gasteiger partial charge >= 0.3 is 5.26 Å². The molecule has 0 fully saturated rings. The highest BCUT2D eigenvalue weighted by molar-refractivity contribution is 7.20. The van der Waals surface area contributed by atoms with Crippen molar-refractivity contribution in [2.24, 2.45) is 0 Å². The Kier molecular flexibility index (Phi) is 11.9. The molecule has 0 aliphatic rings. The minimum absolute atomic E-state index is 0.149. The second-order valence-electron chi connectivity index (χ2n) is 11.6. The fourth-order valence-electron chi connectivity index (χ4n) is 6.06. The van der Waals surface area contributed by atoms with Crippen LogP contribution in [-0.2, 0) is 6.54 Å². The van der Waals surface area contributed by atoms with Gasteiger partial charge in [-0.1, -0.05) is 30.3 Å². The zero-order chi connectivity index (χ0) is 43.5. The van der Waals surface area contributed by atoms with Gasteiger partial charge in [0.2, 0.25) is 0 Å². The molecule has 24 heteroatoms. The Morgan fingerprint density at radius 2 is 0.586 bits per heavy atom. The molecule has 306 valence electrons. The second-order valence-corrected chi connectivity index (χ2v) is 12.4. The van der Waals surface area contributed by atoms with Gasteiger partial charge in [-0.2, -0.15) is 4.57 Å². The predicted molar refractivity (Wildman–Crippen MR) is 159 cm³/mol. The van der Waals surface area contributed by atoms with E-state index in [1.165, 1.54) is 0 Å². The van der Waals surface area contributed by atoms with E-state index in [9.17, 15) is 57.1 Å². The summed E-state index contributed by atoms with van der Waals surface area (Å²) in [7, 11) is 0. The van der Waals surface area contributed by atoms with Crippen molar-refractivity contribution in [2.45, 2.75) is 6.54 Å². The van der Waals surface area contributed by atoms with Gasteiger partial charge in [0.25, 0.3) is 0 Å². The zero-order valence-corrected chi connectivity index (χ0v) is 27.9. The third-order valence-electron chi connectivity index (χ3n) is 8.53. The highest BCUT2D eigenvalue weighted by Gasteiger charge is 2.52. The summed E-state index contributed by atoms with van der Waals surface area (Å²) in [5.41, 5.74) is -13.2. The van der Waals surface area contributed by atoms with E-state index in [4.69, 9.17) is 0 Å². The molecule has 6 aromatic rings. The molecule has 0 saturated carbocycles. The Bertz CT molecular complexity index is 2230. The van der Waals surface area contributed by atoms with Crippen molar-refractivity contribution < 1.29 is 96.8 Å². The molecular weight excluding hydrogens is 864 g/mol. The number of hydrogen-bond acceptors (Lipinski definition) is 1. The van der Waals surface area contributed by atoms with Crippen molar-refractivity contribution in [2.75, 3.05) is 0 Å². The maximum atomic E-state index is 15.4. The van der Waals surface area contributed by atoms with Gasteiger partial charge in [0.05, 0.1) is 5.38 Å². The monoisotopic (exact) mass is 873 g/mol. The Labute approximate surface area is 311 Å². The lowest BCUT2D eigenvalue weighted by molar-refractivity contribution is -0.709. The molecule has 58 heavy (non-hydrogen) atoms. The number of aromatic nitrogens is 1. The van der Waals surface area contributed by atoms with Crippen molar-refractivity contribution in [1.29, 1.82) is 0 Å². The van der Waals surface area contributed by atoms with Crippen LogP contribution in [0, 0.1) is 122 Å². The molecule has 1 nitrogen and oxygen atoms in total. The number of hydrogen-bond donors (Lipinski definition) is 0. The van der Waals surface area contributed by atoms with E-state index in [1.54, 1.807) is 16.1 Å². The third kappa shape index (κ3) is 6.59. The van der Waals surface area contributed by atoms with Gasteiger partial charge in [0.1, 0.15) is 52.7 Å². The number of nitrogens with zero attached hydrogens (tertiary/aromatic N) is 1. The van der Waals surface area contributed by atoms with Crippen LogP contribution < -0.4 is 26.4 Å². The summed E-state index contributed by atoms with van der Waals surface area (Å²) < 4.78 is 309. The topological polar surface area (TPSA) is 3.88 Å². The highest BCUT2D eigenvalue weighted by atomic mass is 32.1. The summed E-state index contributed by atoms with van der Waals surface area (Å²) >= 11 is 1.12. The fourth-order valence-corrected chi connectivity index (χ4v) is 6.64. The Balaban J connectivity index is 0.000000414. The van der Waals surface area contributed by atoms with Crippen LogP contribution >= 0.6 is 11.3 Å². The van der Waals surface area contributed by atoms with Gasteiger partial charge in [0.15, 0.2) is 82.5 Å². The molecule has 0 aliphatic heterocycles. The summed E-state index contributed by atoms with van der Waals surface area (Å²) in [5.74, 6) is -71.4. The van der Waals surface area contributed by atoms with E-state index in [1.807, 2.05) is 30.3 Å². The molecule has 0 amide bonds. The first-order valence-electron chi connectivity index (χ1n) is 15.0. The minimum Gasteiger partial charge on any atom is -0.207 e. The quantitative estimate of drug-likeness (QED) is 0.0525. The van der Waals surface area contributed by atoms with E-state index in [0.717, 1.165) is 16.9 Å². The van der Waals surface area contributed by atoms with Crippen LogP contribution in [0.15, 0.2) is 41.9 Å². The lowest BCUT2D eigenvalue weighted by Crippen LogP contribution is -2.81. The number of rotatable bonds is 6. The Morgan fingerprint density at radius 1 is 0.345 bits per heavy atom. The summed E-state index contributed by atoms with van der Waals surface area (Å²) in [4.78, 5) is 0. The van der Waals surface area contributed by atoms with Crippen LogP contribution in [0.3, 0.4) is 0 Å². The standard InChI is InChI=1S/C24BF20.C10H9FNS/c26-5-1(6(27)14(35)21(42)13(5)34)25(2-7(28)15(36)22(43)16(37)8(2)29,3-9(30)17(38)23(44)18(39)10(3)31)4-11(32)19(40)24(45)20(41)12(4)33;11-10-12(6-7-13-10)8-9-4-2-1-3-5-9/h;1-7H,8H2/q-1;+1. The van der Waals surface area contributed by atoms with Gasteiger partial charge in [-0.25, -0.2) is 87.8 Å². The van der Waals surface area contributed by atoms with Gasteiger partial charge in [0, 0.05) is 5.56 Å². The summed E-state index contributed by atoms with van der Waals surface area (Å²) in [6.45, 7) is 0.607. The maximum Gasteiger partial charge on any atom is 0.421 e. The van der Waals surface area contributed by atoms with Crippen LogP contribution in [0.25, 0.3) is 0 Å². The summed E-state index contributed by atoms with van der Waals surface area (Å²) in [6, 6.07) is 9.85. The van der Waals surface area contributed by atoms with Crippen LogP contribution in [0.5, 0.6) is 0 Å². The summed E-state index contributed by atoms with van der Waals surface area (Å²) in [5, 5.41) is 1.60. The lowest BCUT2D eigenvalue weighted by atomic mass is 9.12. The molecule has 0 saturated heterocycles. The Morgan fingerprint density at radius 3 is 0.810 bits per heavy atom. The zero-order valence-electron chi connectivity index (χ0n) is 27.1. The molecule has 0 spiro atoms. The average Bonchev–Trinajstić information content (AvgIpc) is 3.61. The van der Waals surface area contributed by atoms with Gasteiger partial charge < -0.3 is 0 Å². The van der Waals surface area contributed by atoms with E-state index in [0.29, 0.717) is 6.54 Å². The van der Waals surface area contributed by atoms with Gasteiger partial charge in [-0.15, -0.1) is 26.2 Å². The molecule has 0 N–H and O–H groups in total. The molecular formula is C34H9BF21NS. The number of halogens is 21. The van der Waals surface area contributed by atoms with Crippen LogP contribution in [0.1, 0.15) is 5.56 Å². The maximum absolute atomic E-state index is 15.4. The van der Waals surface area contributed by atoms with Crippen LogP contribution in [0.2, 0.25) is 0 Å². The van der Waals surface area contributed by atoms with Crippen molar-refractivity contribution in [3.8, 4) is 0 Å². The van der Waals surface area contributed by atoms with E-state index in [2.05, 4.69) is 0 Å². The SMILES string of the molecule is Fc1c(F)c(F)c([B-](c2c(F)c(F)c(F)c(F)c2F)(c2c(F)c(F)c(F)c(F)c2F)c2c(F)c(F)c(F)c(F)c2F)c(F)c1F.Fc1scc[n+]1Cc1ccccc1. The Hall–Kier alpha value is -5.68. The first-order valence-corrected chi connectivity index (χ1v) is 15.8. The van der Waals surface area contributed by atoms with Crippen LogP contribution in [-0.4, -0.2) is 6.15 Å². The fraction of sp³-hybridized carbons (Fsp3) is 0.0294. The smallest absolute Gasteiger partial charge is 0.207 e. The van der Waals surface area contributed by atoms with E-state index in [-0.39, 0.29) is 5.26 Å². The second kappa shape index (κ2) is 15.9. The highest BCUT2D eigenvalue weighted by Crippen LogP contribution is 2.30. The van der Waals surface area contributed by atoms with Crippen molar-refractivity contribution in [3.05, 3.63) is 169 Å². The van der Waals surface area contributed by atoms with Crippen LogP contribution in [0.4, 0.5) is 92.2 Å². The summed E-state index contributed by atoms with van der Waals surface area (Å²) in [6.07, 6.45) is -5.46. The first-order chi connectivity index (χ1) is 27.1. The van der Waals surface area contributed by atoms with Crippen molar-refractivity contribution in [1.82, 2.24) is 0 Å². The molecule has 5 aromatic carbocycles. The largest absolute Gasteiger partial charge is 0.421 e. The minimum atomic E-state index is -7.22. The molecule has 0 radical (unpaired) electrons. The predicted octanol–water partition coefficient (Wildman–Crippen LogP) is 8.07. The number of benzene rings is 5.